The number of nitrogens with one attached hydrogen (secondary N) is 1. The summed E-state index contributed by atoms with van der Waals surface area (Å²) in [4.78, 5) is 24.0. The lowest BCUT2D eigenvalue weighted by Gasteiger charge is -2.44. The van der Waals surface area contributed by atoms with E-state index in [1.165, 1.54) is 6.92 Å². The Morgan fingerprint density at radius 1 is 1.14 bits per heavy atom. The number of imide groups is 1. The Bertz CT molecular complexity index is 623. The van der Waals surface area contributed by atoms with E-state index in [9.17, 15) is 25.2 Å². The van der Waals surface area contributed by atoms with Crippen LogP contribution < -0.4 is 5.32 Å². The van der Waals surface area contributed by atoms with E-state index in [2.05, 4.69) is 0 Å². The highest BCUT2D eigenvalue weighted by atomic mass is 16.3. The minimum atomic E-state index is -1.58. The quantitative estimate of drug-likeness (QED) is 0.755. The molecule has 1 aliphatic heterocycles. The fourth-order valence-electron chi connectivity index (χ4n) is 2.98. The molecule has 21 heavy (non-hydrogen) atoms. The van der Waals surface area contributed by atoms with Gasteiger partial charge in [0, 0.05) is 0 Å². The van der Waals surface area contributed by atoms with Crippen molar-refractivity contribution in [2.45, 2.75) is 18.4 Å². The summed E-state index contributed by atoms with van der Waals surface area (Å²) in [5, 5.41) is 31.0. The third kappa shape index (κ3) is 1.97. The van der Waals surface area contributed by atoms with Crippen LogP contribution in [0.4, 0.5) is 0 Å². The van der Waals surface area contributed by atoms with E-state index in [0.29, 0.717) is 5.56 Å². The van der Waals surface area contributed by atoms with Crippen molar-refractivity contribution in [3.05, 3.63) is 35.9 Å². The van der Waals surface area contributed by atoms with E-state index in [1.54, 1.807) is 30.3 Å². The van der Waals surface area contributed by atoms with Gasteiger partial charge in [0.1, 0.15) is 11.8 Å². The standard InChI is InChI=1S/C15H13N3O3/c1-9(19)15(10-5-3-2-4-6-10)11(7-16)13(20)18-14(21)12(15)8-17/h2-6,9,11-12,19H,1H3,(H,18,20,21). The fraction of sp³-hybridized carbons (Fsp3) is 0.333. The van der Waals surface area contributed by atoms with Gasteiger partial charge in [-0.1, -0.05) is 30.3 Å². The molecule has 3 unspecified atom stereocenters. The van der Waals surface area contributed by atoms with Gasteiger partial charge in [-0.2, -0.15) is 10.5 Å². The second-order valence-electron chi connectivity index (χ2n) is 4.95. The van der Waals surface area contributed by atoms with Gasteiger partial charge in [-0.25, -0.2) is 0 Å². The van der Waals surface area contributed by atoms with E-state index in [-0.39, 0.29) is 0 Å². The molecule has 0 aromatic heterocycles. The summed E-state index contributed by atoms with van der Waals surface area (Å²) in [6, 6.07) is 11.9. The van der Waals surface area contributed by atoms with Crippen LogP contribution in [0.5, 0.6) is 0 Å². The predicted molar refractivity (Wildman–Crippen MR) is 71.2 cm³/mol. The van der Waals surface area contributed by atoms with Crippen LogP contribution in [0, 0.1) is 34.5 Å². The summed E-state index contributed by atoms with van der Waals surface area (Å²) < 4.78 is 0. The molecule has 0 saturated carbocycles. The molecule has 1 saturated heterocycles. The zero-order chi connectivity index (χ0) is 15.6. The Balaban J connectivity index is 2.80. The first-order valence-electron chi connectivity index (χ1n) is 6.37. The number of aliphatic hydroxyl groups is 1. The molecule has 3 atom stereocenters. The summed E-state index contributed by atoms with van der Waals surface area (Å²) in [6.45, 7) is 1.38. The summed E-state index contributed by atoms with van der Waals surface area (Å²) in [7, 11) is 0. The van der Waals surface area contributed by atoms with Crippen LogP contribution in [0.25, 0.3) is 0 Å². The molecule has 1 aliphatic rings. The van der Waals surface area contributed by atoms with Gasteiger partial charge >= 0.3 is 0 Å². The van der Waals surface area contributed by atoms with Crippen LogP contribution in [-0.2, 0) is 15.0 Å². The van der Waals surface area contributed by atoms with Gasteiger partial charge in [-0.3, -0.25) is 14.9 Å². The van der Waals surface area contributed by atoms with E-state index in [4.69, 9.17) is 0 Å². The zero-order valence-electron chi connectivity index (χ0n) is 11.3. The zero-order valence-corrected chi connectivity index (χ0v) is 11.3. The van der Waals surface area contributed by atoms with E-state index in [1.807, 2.05) is 17.5 Å². The van der Waals surface area contributed by atoms with Crippen molar-refractivity contribution < 1.29 is 14.7 Å². The van der Waals surface area contributed by atoms with Crippen LogP contribution >= 0.6 is 0 Å². The largest absolute Gasteiger partial charge is 0.392 e. The number of amides is 2. The number of nitrogens with zero attached hydrogens (tertiary/aromatic N) is 2. The van der Waals surface area contributed by atoms with E-state index < -0.39 is 35.2 Å². The van der Waals surface area contributed by atoms with Crippen LogP contribution in [-0.4, -0.2) is 23.0 Å². The number of hydrogen-bond acceptors (Lipinski definition) is 5. The highest BCUT2D eigenvalue weighted by Gasteiger charge is 2.60. The van der Waals surface area contributed by atoms with Crippen molar-refractivity contribution in [2.75, 3.05) is 0 Å². The average molecular weight is 283 g/mol. The molecule has 6 nitrogen and oxygen atoms in total. The number of carbonyl (C=O) groups excluding carboxylic acids is 2. The molecule has 1 fully saturated rings. The van der Waals surface area contributed by atoms with Crippen LogP contribution in [0.1, 0.15) is 12.5 Å². The molecular formula is C15H13N3O3. The van der Waals surface area contributed by atoms with Crippen molar-refractivity contribution >= 4 is 11.8 Å². The first kappa shape index (κ1) is 14.7. The lowest BCUT2D eigenvalue weighted by atomic mass is 9.58. The maximum absolute atomic E-state index is 12.0. The first-order chi connectivity index (χ1) is 9.99. The minimum Gasteiger partial charge on any atom is -0.392 e. The topological polar surface area (TPSA) is 114 Å². The molecule has 6 heteroatoms. The fourth-order valence-corrected chi connectivity index (χ4v) is 2.98. The normalized spacial score (nSPS) is 29.9. The highest BCUT2D eigenvalue weighted by molar-refractivity contribution is 6.04. The Morgan fingerprint density at radius 3 is 2.00 bits per heavy atom. The molecule has 0 spiro atoms. The second kappa shape index (κ2) is 5.35. The van der Waals surface area contributed by atoms with Gasteiger partial charge in [0.25, 0.3) is 0 Å². The van der Waals surface area contributed by atoms with Gasteiger partial charge in [-0.15, -0.1) is 0 Å². The monoisotopic (exact) mass is 283 g/mol. The molecule has 0 radical (unpaired) electrons. The van der Waals surface area contributed by atoms with Crippen molar-refractivity contribution in [3.8, 4) is 12.1 Å². The molecule has 0 bridgehead atoms. The molecule has 2 amide bonds. The van der Waals surface area contributed by atoms with Crippen molar-refractivity contribution in [3.63, 3.8) is 0 Å². The molecule has 106 valence electrons. The number of aliphatic hydroxyl groups excluding tert-OH is 1. The molecule has 2 N–H and O–H groups in total. The van der Waals surface area contributed by atoms with Gasteiger partial charge in [-0.05, 0) is 12.5 Å². The molecule has 1 aromatic rings. The lowest BCUT2D eigenvalue weighted by Crippen LogP contribution is -2.64. The van der Waals surface area contributed by atoms with Crippen LogP contribution in [0.2, 0.25) is 0 Å². The van der Waals surface area contributed by atoms with Crippen LogP contribution in [0.3, 0.4) is 0 Å². The maximum Gasteiger partial charge on any atom is 0.245 e. The number of benzene rings is 1. The molecular weight excluding hydrogens is 270 g/mol. The van der Waals surface area contributed by atoms with Gasteiger partial charge < -0.3 is 5.11 Å². The minimum absolute atomic E-state index is 0.418. The molecule has 1 aromatic carbocycles. The second-order valence-corrected chi connectivity index (χ2v) is 4.95. The van der Waals surface area contributed by atoms with E-state index in [0.717, 1.165) is 0 Å². The highest BCUT2D eigenvalue weighted by Crippen LogP contribution is 2.45. The Hall–Kier alpha value is -2.70. The maximum atomic E-state index is 12.0. The SMILES string of the molecule is CC(O)C1(c2ccccc2)C(C#N)C(=O)NC(=O)C1C#N. The van der Waals surface area contributed by atoms with Gasteiger partial charge in [0.15, 0.2) is 0 Å². The first-order valence-corrected chi connectivity index (χ1v) is 6.37. The lowest BCUT2D eigenvalue weighted by molar-refractivity contribution is -0.145. The molecule has 2 rings (SSSR count). The molecule has 0 aliphatic carbocycles. The smallest absolute Gasteiger partial charge is 0.245 e. The third-order valence-electron chi connectivity index (χ3n) is 3.95. The summed E-state index contributed by atoms with van der Waals surface area (Å²) in [5.74, 6) is -4.25. The van der Waals surface area contributed by atoms with Gasteiger partial charge in [0.05, 0.1) is 23.7 Å². The Kier molecular flexibility index (Phi) is 3.75. The number of hydrogen-bond donors (Lipinski definition) is 2. The summed E-state index contributed by atoms with van der Waals surface area (Å²) in [5.41, 5.74) is -1.16. The Labute approximate surface area is 121 Å². The van der Waals surface area contributed by atoms with Crippen molar-refractivity contribution in [1.29, 1.82) is 10.5 Å². The van der Waals surface area contributed by atoms with Crippen LogP contribution in [0.15, 0.2) is 30.3 Å². The van der Waals surface area contributed by atoms with E-state index >= 15 is 0 Å². The summed E-state index contributed by atoms with van der Waals surface area (Å²) in [6.07, 6.45) is -1.23. The predicted octanol–water partition coefficient (Wildman–Crippen LogP) is 0.241. The average Bonchev–Trinajstić information content (AvgIpc) is 2.47. The molecule has 1 heterocycles. The Morgan fingerprint density at radius 2 is 1.62 bits per heavy atom. The third-order valence-corrected chi connectivity index (χ3v) is 3.95. The van der Waals surface area contributed by atoms with Crippen molar-refractivity contribution in [1.82, 2.24) is 5.32 Å². The number of carbonyl (C=O) groups is 2. The number of piperidine rings is 1. The number of nitriles is 2. The summed E-state index contributed by atoms with van der Waals surface area (Å²) >= 11 is 0. The van der Waals surface area contributed by atoms with Crippen molar-refractivity contribution in [2.24, 2.45) is 11.8 Å². The van der Waals surface area contributed by atoms with Gasteiger partial charge in [0.2, 0.25) is 11.8 Å². The number of rotatable bonds is 2.